The number of hydrogen-bond donors (Lipinski definition) is 11. The molecule has 0 aromatic carbocycles. The second-order valence-electron chi connectivity index (χ2n) is 10.4. The molecule has 11 N–H and O–H groups in total. The van der Waals surface area contributed by atoms with Crippen LogP contribution in [0.5, 0.6) is 0 Å². The van der Waals surface area contributed by atoms with Crippen molar-refractivity contribution < 1.29 is 84.7 Å². The summed E-state index contributed by atoms with van der Waals surface area (Å²) in [6.07, 6.45) is -23.5. The molecule has 16 atom stereocenters. The van der Waals surface area contributed by atoms with Crippen molar-refractivity contribution in [3.05, 3.63) is 0 Å². The van der Waals surface area contributed by atoms with Crippen LogP contribution in [-0.4, -0.2) is 173 Å². The fourth-order valence-corrected chi connectivity index (χ4v) is 5.15. The van der Waals surface area contributed by atoms with E-state index in [4.69, 9.17) is 23.7 Å². The second kappa shape index (κ2) is 13.4. The van der Waals surface area contributed by atoms with Crippen molar-refractivity contribution in [1.82, 2.24) is 0 Å². The van der Waals surface area contributed by atoms with Gasteiger partial charge in [0.05, 0.1) is 38.1 Å². The van der Waals surface area contributed by atoms with Gasteiger partial charge in [0, 0.05) is 12.3 Å². The first-order valence-corrected chi connectivity index (χ1v) is 12.9. The van der Waals surface area contributed by atoms with Crippen molar-refractivity contribution in [2.75, 3.05) is 19.8 Å². The van der Waals surface area contributed by atoms with E-state index in [-0.39, 0.29) is 0 Å². The standard InChI is InChI=1S/C23H40O17/c1-7-9(27)3-23(22(34)35,39-18(7)14(30)10(28)4-24)40-20-15(31)11(5-25)37-21(17(20)33)38-19-12(6-26)36-8(2)13(29)16(19)32/h7-21,24-33H,3-6H2,1-2H3,(H,34,35)/t7-,8?,9-,10-,11?,12?,13?,14-,15+,16-,17?,18?,19-,20+,21+,23+/m1/s1. The third-order valence-electron chi connectivity index (χ3n) is 7.72. The van der Waals surface area contributed by atoms with Gasteiger partial charge in [0.1, 0.15) is 61.0 Å². The first-order valence-electron chi connectivity index (χ1n) is 12.9. The highest BCUT2D eigenvalue weighted by molar-refractivity contribution is 5.76. The lowest BCUT2D eigenvalue weighted by molar-refractivity contribution is -0.383. The van der Waals surface area contributed by atoms with E-state index in [1.165, 1.54) is 13.8 Å². The van der Waals surface area contributed by atoms with Crippen LogP contribution in [0.15, 0.2) is 0 Å². The summed E-state index contributed by atoms with van der Waals surface area (Å²) < 4.78 is 27.6. The zero-order valence-corrected chi connectivity index (χ0v) is 21.9. The topological polar surface area (TPSA) is 286 Å². The number of carbonyl (C=O) groups is 1. The molecule has 3 heterocycles. The molecular weight excluding hydrogens is 548 g/mol. The van der Waals surface area contributed by atoms with Gasteiger partial charge >= 0.3 is 5.97 Å². The number of hydrogen-bond acceptors (Lipinski definition) is 16. The number of aliphatic hydroxyl groups is 10. The van der Waals surface area contributed by atoms with Gasteiger partial charge in [-0.1, -0.05) is 6.92 Å². The number of rotatable bonds is 10. The zero-order valence-electron chi connectivity index (χ0n) is 21.9. The number of aliphatic carboxylic acids is 1. The van der Waals surface area contributed by atoms with Crippen LogP contribution in [0, 0.1) is 5.92 Å². The molecule has 0 amide bonds. The Morgan fingerprint density at radius 2 is 1.52 bits per heavy atom. The lowest BCUT2D eigenvalue weighted by atomic mass is 9.84. The molecule has 3 saturated heterocycles. The summed E-state index contributed by atoms with van der Waals surface area (Å²) in [4.78, 5) is 12.4. The molecule has 0 bridgehead atoms. The molecule has 6 unspecified atom stereocenters. The predicted molar refractivity (Wildman–Crippen MR) is 125 cm³/mol. The van der Waals surface area contributed by atoms with E-state index in [0.717, 1.165) is 0 Å². The number of ether oxygens (including phenoxy) is 5. The quantitative estimate of drug-likeness (QED) is 0.113. The highest BCUT2D eigenvalue weighted by Crippen LogP contribution is 2.40. The molecule has 3 fully saturated rings. The first-order chi connectivity index (χ1) is 18.7. The van der Waals surface area contributed by atoms with Crippen molar-refractivity contribution >= 4 is 5.97 Å². The minimum atomic E-state index is -2.83. The number of carboxylic acids is 1. The van der Waals surface area contributed by atoms with E-state index in [9.17, 15) is 61.0 Å². The molecule has 0 saturated carbocycles. The van der Waals surface area contributed by atoms with Crippen molar-refractivity contribution in [1.29, 1.82) is 0 Å². The van der Waals surface area contributed by atoms with Crippen LogP contribution in [0.1, 0.15) is 20.3 Å². The average Bonchev–Trinajstić information content (AvgIpc) is 2.93. The summed E-state index contributed by atoms with van der Waals surface area (Å²) in [5.74, 6) is -5.63. The van der Waals surface area contributed by atoms with Gasteiger partial charge in [-0.2, -0.15) is 0 Å². The predicted octanol–water partition coefficient (Wildman–Crippen LogP) is -6.02. The molecule has 0 aromatic rings. The molecule has 17 nitrogen and oxygen atoms in total. The van der Waals surface area contributed by atoms with E-state index in [2.05, 4.69) is 0 Å². The minimum absolute atomic E-state index is 0.678. The van der Waals surface area contributed by atoms with Gasteiger partial charge < -0.3 is 79.9 Å². The van der Waals surface area contributed by atoms with Crippen molar-refractivity contribution in [2.45, 2.75) is 112 Å². The van der Waals surface area contributed by atoms with Gasteiger partial charge in [0.25, 0.3) is 5.79 Å². The summed E-state index contributed by atoms with van der Waals surface area (Å²) in [5.41, 5.74) is 0. The van der Waals surface area contributed by atoms with Crippen LogP contribution >= 0.6 is 0 Å². The molecular formula is C23H40O17. The fourth-order valence-electron chi connectivity index (χ4n) is 5.15. The second-order valence-corrected chi connectivity index (χ2v) is 10.4. The Morgan fingerprint density at radius 1 is 0.900 bits per heavy atom. The van der Waals surface area contributed by atoms with Crippen LogP contribution < -0.4 is 0 Å². The van der Waals surface area contributed by atoms with Gasteiger partial charge in [0.15, 0.2) is 6.29 Å². The lowest BCUT2D eigenvalue weighted by Gasteiger charge is -2.50. The molecule has 3 rings (SSSR count). The van der Waals surface area contributed by atoms with E-state index < -0.39 is 130 Å². The Balaban J connectivity index is 1.90. The van der Waals surface area contributed by atoms with Gasteiger partial charge in [-0.05, 0) is 6.92 Å². The third-order valence-corrected chi connectivity index (χ3v) is 7.72. The van der Waals surface area contributed by atoms with Crippen LogP contribution in [0.4, 0.5) is 0 Å². The van der Waals surface area contributed by atoms with Crippen molar-refractivity contribution in [2.24, 2.45) is 5.92 Å². The Labute approximate surface area is 228 Å². The SMILES string of the molecule is CC1OC(CO)[C@@H](O[C@@H]2OC(CO)[C@H](O)[C@H](O[C@]3(C(=O)O)C[C@@H](O)[C@@H](C)C([C@H](O)[C@H](O)CO)O3)C2O)[C@H](O)C1O. The number of carboxylic acid groups (broad SMARTS) is 1. The minimum Gasteiger partial charge on any atom is -0.477 e. The van der Waals surface area contributed by atoms with Crippen LogP contribution in [-0.2, 0) is 28.5 Å². The third kappa shape index (κ3) is 6.43. The Bertz CT molecular complexity index is 831. The molecule has 40 heavy (non-hydrogen) atoms. The van der Waals surface area contributed by atoms with E-state index in [0.29, 0.717) is 0 Å². The molecule has 0 aliphatic carbocycles. The summed E-state index contributed by atoms with van der Waals surface area (Å²) in [6.45, 7) is 0.352. The molecule has 0 radical (unpaired) electrons. The largest absolute Gasteiger partial charge is 0.477 e. The van der Waals surface area contributed by atoms with E-state index >= 15 is 0 Å². The first kappa shape index (κ1) is 33.4. The maximum atomic E-state index is 12.4. The lowest BCUT2D eigenvalue weighted by Crippen LogP contribution is -2.68. The van der Waals surface area contributed by atoms with Crippen molar-refractivity contribution in [3.63, 3.8) is 0 Å². The Kier molecular flexibility index (Phi) is 11.2. The van der Waals surface area contributed by atoms with E-state index in [1.54, 1.807) is 0 Å². The Hall–Kier alpha value is -1.13. The summed E-state index contributed by atoms with van der Waals surface area (Å²) in [7, 11) is 0. The fraction of sp³-hybridized carbons (Fsp3) is 0.957. The summed E-state index contributed by atoms with van der Waals surface area (Å²) in [6, 6.07) is 0. The maximum absolute atomic E-state index is 12.4. The molecule has 234 valence electrons. The van der Waals surface area contributed by atoms with Crippen LogP contribution in [0.2, 0.25) is 0 Å². The van der Waals surface area contributed by atoms with E-state index in [1.807, 2.05) is 0 Å². The molecule has 0 spiro atoms. The monoisotopic (exact) mass is 588 g/mol. The Morgan fingerprint density at radius 3 is 2.08 bits per heavy atom. The summed E-state index contributed by atoms with van der Waals surface area (Å²) in [5, 5.41) is 112. The molecule has 3 aliphatic rings. The van der Waals surface area contributed by atoms with Crippen molar-refractivity contribution in [3.8, 4) is 0 Å². The highest BCUT2D eigenvalue weighted by Gasteiger charge is 2.59. The molecule has 17 heteroatoms. The van der Waals surface area contributed by atoms with Gasteiger partial charge in [-0.3, -0.25) is 0 Å². The summed E-state index contributed by atoms with van der Waals surface area (Å²) >= 11 is 0. The smallest absolute Gasteiger partial charge is 0.364 e. The normalized spacial score (nSPS) is 48.0. The van der Waals surface area contributed by atoms with Crippen LogP contribution in [0.3, 0.4) is 0 Å². The van der Waals surface area contributed by atoms with Gasteiger partial charge in [0.2, 0.25) is 0 Å². The molecule has 0 aromatic heterocycles. The highest BCUT2D eigenvalue weighted by atomic mass is 16.8. The number of aliphatic hydroxyl groups excluding tert-OH is 10. The van der Waals surface area contributed by atoms with Gasteiger partial charge in [-0.15, -0.1) is 0 Å². The maximum Gasteiger partial charge on any atom is 0.364 e. The van der Waals surface area contributed by atoms with Gasteiger partial charge in [-0.25, -0.2) is 4.79 Å². The molecule has 3 aliphatic heterocycles. The van der Waals surface area contributed by atoms with Crippen LogP contribution in [0.25, 0.3) is 0 Å². The average molecular weight is 589 g/mol. The zero-order chi connectivity index (χ0) is 30.1.